The molecule has 0 unspecified atom stereocenters. The third kappa shape index (κ3) is 2.79. The van der Waals surface area contributed by atoms with Gasteiger partial charge in [0.05, 0.1) is 30.2 Å². The molecule has 0 aliphatic heterocycles. The molecule has 0 atom stereocenters. The van der Waals surface area contributed by atoms with Gasteiger partial charge in [-0.25, -0.2) is 9.18 Å². The first-order valence-corrected chi connectivity index (χ1v) is 5.33. The Morgan fingerprint density at radius 2 is 2.05 bits per heavy atom. The summed E-state index contributed by atoms with van der Waals surface area (Å²) in [6.07, 6.45) is 2.56. The van der Waals surface area contributed by atoms with E-state index in [4.69, 9.17) is 4.42 Å². The second kappa shape index (κ2) is 5.34. The van der Waals surface area contributed by atoms with Crippen LogP contribution in [0.5, 0.6) is 0 Å². The first-order chi connectivity index (χ1) is 9.11. The number of carbonyl (C=O) groups is 2. The van der Waals surface area contributed by atoms with Crippen molar-refractivity contribution < 1.29 is 23.1 Å². The van der Waals surface area contributed by atoms with Crippen molar-refractivity contribution in [3.63, 3.8) is 0 Å². The molecule has 0 aliphatic rings. The van der Waals surface area contributed by atoms with Gasteiger partial charge in [-0.05, 0) is 24.3 Å². The lowest BCUT2D eigenvalue weighted by molar-refractivity contribution is 0.0600. The van der Waals surface area contributed by atoms with E-state index in [1.807, 2.05) is 0 Å². The molecule has 5 nitrogen and oxygen atoms in total. The van der Waals surface area contributed by atoms with E-state index in [9.17, 15) is 14.0 Å². The maximum Gasteiger partial charge on any atom is 0.337 e. The molecule has 0 aliphatic carbocycles. The molecule has 2 rings (SSSR count). The number of nitrogens with one attached hydrogen (secondary N) is 1. The molecule has 0 spiro atoms. The van der Waals surface area contributed by atoms with Crippen LogP contribution in [0, 0.1) is 5.82 Å². The van der Waals surface area contributed by atoms with Crippen molar-refractivity contribution in [3.8, 4) is 0 Å². The first-order valence-electron chi connectivity index (χ1n) is 5.33. The average molecular weight is 263 g/mol. The number of rotatable bonds is 3. The normalized spacial score (nSPS) is 10.0. The van der Waals surface area contributed by atoms with Crippen LogP contribution in [0.25, 0.3) is 0 Å². The summed E-state index contributed by atoms with van der Waals surface area (Å²) >= 11 is 0. The molecular weight excluding hydrogens is 253 g/mol. The standard InChI is InChI=1S/C13H10FNO4/c1-18-13(17)8-2-3-10(14)11(6-8)15-12(16)9-4-5-19-7-9/h2-7H,1H3,(H,15,16). The van der Waals surface area contributed by atoms with Crippen LogP contribution in [0.15, 0.2) is 41.2 Å². The molecule has 1 aromatic heterocycles. The van der Waals surface area contributed by atoms with Crippen molar-refractivity contribution in [2.45, 2.75) is 0 Å². The van der Waals surface area contributed by atoms with Crippen molar-refractivity contribution in [1.82, 2.24) is 0 Å². The topological polar surface area (TPSA) is 68.5 Å². The number of furan rings is 1. The Labute approximate surface area is 108 Å². The van der Waals surface area contributed by atoms with Crippen LogP contribution < -0.4 is 5.32 Å². The van der Waals surface area contributed by atoms with Crippen LogP contribution in [-0.2, 0) is 4.74 Å². The lowest BCUT2D eigenvalue weighted by Crippen LogP contribution is -2.13. The minimum atomic E-state index is -0.649. The highest BCUT2D eigenvalue weighted by Crippen LogP contribution is 2.18. The average Bonchev–Trinajstić information content (AvgIpc) is 2.94. The number of benzene rings is 1. The van der Waals surface area contributed by atoms with Crippen LogP contribution in [0.3, 0.4) is 0 Å². The second-order valence-corrected chi connectivity index (χ2v) is 3.65. The van der Waals surface area contributed by atoms with Crippen LogP contribution in [-0.4, -0.2) is 19.0 Å². The number of anilines is 1. The van der Waals surface area contributed by atoms with Crippen LogP contribution in [0.1, 0.15) is 20.7 Å². The van der Waals surface area contributed by atoms with Crippen molar-refractivity contribution in [2.24, 2.45) is 0 Å². The van der Waals surface area contributed by atoms with Gasteiger partial charge < -0.3 is 14.5 Å². The summed E-state index contributed by atoms with van der Waals surface area (Å²) in [7, 11) is 1.22. The molecule has 2 aromatic rings. The number of carbonyl (C=O) groups excluding carboxylic acids is 2. The minimum Gasteiger partial charge on any atom is -0.472 e. The van der Waals surface area contributed by atoms with Gasteiger partial charge in [0.1, 0.15) is 12.1 Å². The van der Waals surface area contributed by atoms with Gasteiger partial charge in [0.2, 0.25) is 0 Å². The van der Waals surface area contributed by atoms with E-state index in [1.54, 1.807) is 0 Å². The summed E-state index contributed by atoms with van der Waals surface area (Å²) in [4.78, 5) is 23.0. The van der Waals surface area contributed by atoms with Crippen molar-refractivity contribution in [2.75, 3.05) is 12.4 Å². The van der Waals surface area contributed by atoms with E-state index in [2.05, 4.69) is 10.1 Å². The van der Waals surface area contributed by atoms with Gasteiger partial charge >= 0.3 is 5.97 Å². The lowest BCUT2D eigenvalue weighted by Gasteiger charge is -2.07. The third-order valence-corrected chi connectivity index (χ3v) is 2.42. The van der Waals surface area contributed by atoms with Gasteiger partial charge in [-0.1, -0.05) is 0 Å². The predicted molar refractivity (Wildman–Crippen MR) is 64.4 cm³/mol. The molecule has 98 valence electrons. The van der Waals surface area contributed by atoms with Gasteiger partial charge in [-0.3, -0.25) is 4.79 Å². The van der Waals surface area contributed by atoms with Crippen molar-refractivity contribution in [3.05, 3.63) is 53.7 Å². The first kappa shape index (κ1) is 12.8. The molecule has 0 saturated carbocycles. The number of ether oxygens (including phenoxy) is 1. The van der Waals surface area contributed by atoms with Crippen molar-refractivity contribution >= 4 is 17.6 Å². The second-order valence-electron chi connectivity index (χ2n) is 3.65. The molecule has 1 amide bonds. The van der Waals surface area contributed by atoms with Gasteiger partial charge in [0.25, 0.3) is 5.91 Å². The highest BCUT2D eigenvalue weighted by molar-refractivity contribution is 6.04. The quantitative estimate of drug-likeness (QED) is 0.863. The van der Waals surface area contributed by atoms with E-state index < -0.39 is 17.7 Å². The van der Waals surface area contributed by atoms with Crippen LogP contribution in [0.2, 0.25) is 0 Å². The Morgan fingerprint density at radius 1 is 1.26 bits per heavy atom. The molecule has 6 heteroatoms. The molecule has 1 heterocycles. The molecule has 1 N–H and O–H groups in total. The number of hydrogen-bond donors (Lipinski definition) is 1. The fourth-order valence-electron chi connectivity index (χ4n) is 1.45. The zero-order chi connectivity index (χ0) is 13.8. The molecule has 1 aromatic carbocycles. The predicted octanol–water partition coefficient (Wildman–Crippen LogP) is 2.46. The Balaban J connectivity index is 2.24. The Hall–Kier alpha value is -2.63. The number of halogens is 1. The molecule has 19 heavy (non-hydrogen) atoms. The maximum atomic E-state index is 13.5. The fraction of sp³-hybridized carbons (Fsp3) is 0.0769. The third-order valence-electron chi connectivity index (χ3n) is 2.42. The van der Waals surface area contributed by atoms with Gasteiger partial charge in [0, 0.05) is 0 Å². The van der Waals surface area contributed by atoms with Crippen molar-refractivity contribution in [1.29, 1.82) is 0 Å². The molecular formula is C13H10FNO4. The van der Waals surface area contributed by atoms with E-state index in [-0.39, 0.29) is 16.8 Å². The highest BCUT2D eigenvalue weighted by Gasteiger charge is 2.13. The summed E-state index contributed by atoms with van der Waals surface area (Å²) < 4.78 is 22.8. The van der Waals surface area contributed by atoms with Crippen LogP contribution in [0.4, 0.5) is 10.1 Å². The van der Waals surface area contributed by atoms with Gasteiger partial charge in [-0.15, -0.1) is 0 Å². The zero-order valence-electron chi connectivity index (χ0n) is 9.98. The molecule has 0 bridgehead atoms. The molecule has 0 radical (unpaired) electrons. The maximum absolute atomic E-state index is 13.5. The Bertz CT molecular complexity index is 607. The number of methoxy groups -OCH3 is 1. The summed E-state index contributed by atoms with van der Waals surface area (Å²) in [5.74, 6) is -1.79. The van der Waals surface area contributed by atoms with E-state index in [0.29, 0.717) is 0 Å². The molecule has 0 saturated heterocycles. The smallest absolute Gasteiger partial charge is 0.337 e. The van der Waals surface area contributed by atoms with E-state index >= 15 is 0 Å². The summed E-state index contributed by atoms with van der Waals surface area (Å²) in [5, 5.41) is 2.35. The highest BCUT2D eigenvalue weighted by atomic mass is 19.1. The van der Waals surface area contributed by atoms with E-state index in [0.717, 1.165) is 6.07 Å². The zero-order valence-corrected chi connectivity index (χ0v) is 9.98. The lowest BCUT2D eigenvalue weighted by atomic mass is 10.2. The number of hydrogen-bond acceptors (Lipinski definition) is 4. The SMILES string of the molecule is COC(=O)c1ccc(F)c(NC(=O)c2ccoc2)c1. The van der Waals surface area contributed by atoms with Crippen LogP contribution >= 0.6 is 0 Å². The summed E-state index contributed by atoms with van der Waals surface area (Å²) in [6.45, 7) is 0. The Morgan fingerprint density at radius 3 is 2.68 bits per heavy atom. The van der Waals surface area contributed by atoms with Gasteiger partial charge in [-0.2, -0.15) is 0 Å². The monoisotopic (exact) mass is 263 g/mol. The minimum absolute atomic E-state index is 0.103. The number of amides is 1. The Kier molecular flexibility index (Phi) is 3.61. The number of esters is 1. The summed E-state index contributed by atoms with van der Waals surface area (Å²) in [6, 6.07) is 5.00. The molecule has 0 fully saturated rings. The van der Waals surface area contributed by atoms with Gasteiger partial charge in [0.15, 0.2) is 0 Å². The largest absolute Gasteiger partial charge is 0.472 e. The fourth-order valence-corrected chi connectivity index (χ4v) is 1.45. The summed E-state index contributed by atoms with van der Waals surface area (Å²) in [5.41, 5.74) is 0.295. The van der Waals surface area contributed by atoms with E-state index in [1.165, 1.54) is 37.8 Å².